The Hall–Kier alpha value is -1.87. The smallest absolute Gasteiger partial charge is 0.388 e. The van der Waals surface area contributed by atoms with Crippen LogP contribution in [0.4, 0.5) is 52.7 Å². The molecule has 0 aromatic heterocycles. The van der Waals surface area contributed by atoms with Gasteiger partial charge in [-0.25, -0.2) is 0 Å². The molecule has 0 radical (unpaired) electrons. The number of benzene rings is 1. The molecule has 1 aromatic rings. The summed E-state index contributed by atoms with van der Waals surface area (Å²) in [6.45, 7) is 0. The van der Waals surface area contributed by atoms with Gasteiger partial charge in [-0.3, -0.25) is 0 Å². The molecule has 2 nitrogen and oxygen atoms in total. The lowest BCUT2D eigenvalue weighted by Gasteiger charge is -2.27. The average molecular weight is 548 g/mol. The number of alkyl halides is 12. The van der Waals surface area contributed by atoms with Gasteiger partial charge in [0.15, 0.2) is 0 Å². The summed E-state index contributed by atoms with van der Waals surface area (Å²) in [6, 6.07) is 0.426. The van der Waals surface area contributed by atoms with E-state index in [1.54, 1.807) is 0 Å². The molecular weight excluding hydrogens is 532 g/mol. The van der Waals surface area contributed by atoms with Crippen molar-refractivity contribution in [3.05, 3.63) is 58.2 Å². The molecule has 0 heterocycles. The van der Waals surface area contributed by atoms with Gasteiger partial charge in [0.2, 0.25) is 0 Å². The van der Waals surface area contributed by atoms with Gasteiger partial charge in [0.1, 0.15) is 0 Å². The van der Waals surface area contributed by atoms with Crippen LogP contribution in [0.2, 0.25) is 0 Å². The zero-order valence-electron chi connectivity index (χ0n) is 17.1. The Morgan fingerprint density at radius 3 is 1.66 bits per heavy atom. The molecule has 1 aliphatic carbocycles. The van der Waals surface area contributed by atoms with Gasteiger partial charge in [-0.05, 0) is 41.8 Å². The summed E-state index contributed by atoms with van der Waals surface area (Å²) in [7, 11) is 0. The van der Waals surface area contributed by atoms with Crippen molar-refractivity contribution >= 4 is 11.8 Å². The van der Waals surface area contributed by atoms with Crippen LogP contribution in [0, 0.1) is 5.92 Å². The van der Waals surface area contributed by atoms with Crippen LogP contribution in [-0.4, -0.2) is 40.2 Å². The minimum Gasteiger partial charge on any atom is -0.388 e. The lowest BCUT2D eigenvalue weighted by atomic mass is 9.87. The van der Waals surface area contributed by atoms with Gasteiger partial charge in [0.05, 0.1) is 34.8 Å². The maximum atomic E-state index is 13.0. The van der Waals surface area contributed by atoms with E-state index in [2.05, 4.69) is 0 Å². The van der Waals surface area contributed by atoms with Crippen LogP contribution in [0.25, 0.3) is 0 Å². The highest BCUT2D eigenvalue weighted by Gasteiger charge is 2.45. The molecule has 0 saturated carbocycles. The molecule has 1 aliphatic rings. The number of aliphatic hydroxyl groups excluding tert-OH is 2. The van der Waals surface area contributed by atoms with Crippen molar-refractivity contribution in [1.82, 2.24) is 0 Å². The first-order valence-corrected chi connectivity index (χ1v) is 10.6. The number of halogens is 12. The molecule has 0 aliphatic heterocycles. The fourth-order valence-corrected chi connectivity index (χ4v) is 4.11. The third-order valence-corrected chi connectivity index (χ3v) is 6.00. The Kier molecular flexibility index (Phi) is 8.59. The molecule has 3 unspecified atom stereocenters. The third kappa shape index (κ3) is 8.07. The Morgan fingerprint density at radius 2 is 1.23 bits per heavy atom. The fourth-order valence-electron chi connectivity index (χ4n) is 3.12. The zero-order chi connectivity index (χ0) is 27.0. The molecule has 1 aromatic carbocycles. The Morgan fingerprint density at radius 1 is 0.743 bits per heavy atom. The van der Waals surface area contributed by atoms with E-state index >= 15 is 0 Å². The van der Waals surface area contributed by atoms with E-state index in [0.717, 1.165) is 0 Å². The van der Waals surface area contributed by atoms with E-state index in [-0.39, 0.29) is 24.3 Å². The topological polar surface area (TPSA) is 40.5 Å². The van der Waals surface area contributed by atoms with E-state index in [9.17, 15) is 62.9 Å². The van der Waals surface area contributed by atoms with Gasteiger partial charge in [-0.2, -0.15) is 64.4 Å². The minimum absolute atomic E-state index is 0.0149. The minimum atomic E-state index is -5.16. The van der Waals surface area contributed by atoms with Gasteiger partial charge < -0.3 is 10.2 Å². The normalized spacial score (nSPS) is 19.8. The second-order valence-corrected chi connectivity index (χ2v) is 8.67. The first kappa shape index (κ1) is 29.4. The van der Waals surface area contributed by atoms with Crippen LogP contribution in [0.15, 0.2) is 41.5 Å². The number of allylic oxidation sites excluding steroid dienone is 3. The van der Waals surface area contributed by atoms with E-state index in [1.165, 1.54) is 0 Å². The molecule has 2 rings (SSSR count). The van der Waals surface area contributed by atoms with Crippen molar-refractivity contribution in [1.29, 1.82) is 0 Å². The molecule has 15 heteroatoms. The molecule has 2 N–H and O–H groups in total. The zero-order valence-corrected chi connectivity index (χ0v) is 17.9. The van der Waals surface area contributed by atoms with Crippen molar-refractivity contribution in [2.24, 2.45) is 5.92 Å². The Labute approximate surface area is 194 Å². The first-order valence-electron chi connectivity index (χ1n) is 9.49. The molecule has 0 spiro atoms. The molecule has 0 bridgehead atoms. The summed E-state index contributed by atoms with van der Waals surface area (Å²) in [6.07, 6.45) is -24.9. The van der Waals surface area contributed by atoms with E-state index in [1.807, 2.05) is 0 Å². The molecule has 0 amide bonds. The second-order valence-electron chi connectivity index (χ2n) is 7.60. The molecule has 3 atom stereocenters. The van der Waals surface area contributed by atoms with Gasteiger partial charge in [-0.15, -0.1) is 0 Å². The molecule has 198 valence electrons. The maximum Gasteiger partial charge on any atom is 0.416 e. The summed E-state index contributed by atoms with van der Waals surface area (Å²) in [5.41, 5.74) is -6.34. The number of hydrogen-bond donors (Lipinski definition) is 2. The predicted octanol–water partition coefficient (Wildman–Crippen LogP) is 6.85. The van der Waals surface area contributed by atoms with Crippen LogP contribution >= 0.6 is 11.8 Å². The van der Waals surface area contributed by atoms with E-state index < -0.39 is 88.6 Å². The van der Waals surface area contributed by atoms with Crippen LogP contribution in [0.3, 0.4) is 0 Å². The Balaban J connectivity index is 2.14. The average Bonchev–Trinajstić information content (AvgIpc) is 2.70. The molecule has 0 saturated heterocycles. The number of hydrogen-bond acceptors (Lipinski definition) is 3. The lowest BCUT2D eigenvalue weighted by molar-refractivity contribution is -0.163. The van der Waals surface area contributed by atoms with Crippen molar-refractivity contribution in [2.45, 2.75) is 43.3 Å². The quantitative estimate of drug-likeness (QED) is 0.382. The highest BCUT2D eigenvalue weighted by atomic mass is 32.2. The lowest BCUT2D eigenvalue weighted by Crippen LogP contribution is -2.29. The monoisotopic (exact) mass is 548 g/mol. The van der Waals surface area contributed by atoms with Crippen LogP contribution in [0.1, 0.15) is 29.2 Å². The summed E-state index contributed by atoms with van der Waals surface area (Å²) in [5.74, 6) is -3.70. The fraction of sp³-hybridized carbons (Fsp3) is 0.500. The van der Waals surface area contributed by atoms with Crippen molar-refractivity contribution in [3.63, 3.8) is 0 Å². The van der Waals surface area contributed by atoms with Crippen LogP contribution < -0.4 is 0 Å². The molecule has 35 heavy (non-hydrogen) atoms. The van der Waals surface area contributed by atoms with Crippen molar-refractivity contribution in [2.75, 3.05) is 11.5 Å². The van der Waals surface area contributed by atoms with E-state index in [4.69, 9.17) is 0 Å². The van der Waals surface area contributed by atoms with Gasteiger partial charge in [0.25, 0.3) is 0 Å². The first-order chi connectivity index (χ1) is 15.7. The Bertz CT molecular complexity index is 925. The van der Waals surface area contributed by atoms with E-state index in [0.29, 0.717) is 17.8 Å². The molecule has 0 fully saturated rings. The van der Waals surface area contributed by atoms with Crippen molar-refractivity contribution < 1.29 is 62.9 Å². The van der Waals surface area contributed by atoms with Gasteiger partial charge >= 0.3 is 24.7 Å². The second kappa shape index (κ2) is 10.2. The van der Waals surface area contributed by atoms with Crippen LogP contribution in [-0.2, 0) is 12.4 Å². The van der Waals surface area contributed by atoms with Crippen molar-refractivity contribution in [3.8, 4) is 0 Å². The third-order valence-electron chi connectivity index (χ3n) is 4.90. The summed E-state index contributed by atoms with van der Waals surface area (Å²) in [5, 5.41) is 20.2. The standard InChI is InChI=1S/C20H16F12O2S/c21-17(22,23)11-1-9(2-12(5-11)18(24,25)26)15(33)7-35-8-16(34)10-3-13(19(27,28)29)6-14(4-10)20(30,31)32/h1-3,5-6,14-16,33-34H,4,7-8H2. The summed E-state index contributed by atoms with van der Waals surface area (Å²) < 4.78 is 155. The maximum absolute atomic E-state index is 13.0. The van der Waals surface area contributed by atoms with Gasteiger partial charge in [-0.1, -0.05) is 6.08 Å². The molecular formula is C20H16F12O2S. The number of aliphatic hydroxyl groups is 2. The highest BCUT2D eigenvalue weighted by molar-refractivity contribution is 7.99. The highest BCUT2D eigenvalue weighted by Crippen LogP contribution is 2.42. The number of thioether (sulfide) groups is 1. The summed E-state index contributed by atoms with van der Waals surface area (Å²) in [4.78, 5) is 0. The largest absolute Gasteiger partial charge is 0.416 e. The SMILES string of the molecule is OC(CSCC(O)c1cc(C(F)(F)F)cc(C(F)(F)F)c1)C1=CC(C(F)(F)F)=CC(C(F)(F)F)C1. The number of rotatable bonds is 6. The predicted molar refractivity (Wildman–Crippen MR) is 101 cm³/mol. The van der Waals surface area contributed by atoms with Gasteiger partial charge in [0, 0.05) is 11.5 Å². The van der Waals surface area contributed by atoms with Crippen LogP contribution in [0.5, 0.6) is 0 Å². The summed E-state index contributed by atoms with van der Waals surface area (Å²) >= 11 is 0.517.